The van der Waals surface area contributed by atoms with Crippen LogP contribution < -0.4 is 26.0 Å². The number of H-pyrrole nitrogens is 1. The lowest BCUT2D eigenvalue weighted by atomic mass is 10.1. The molecule has 37 heavy (non-hydrogen) atoms. The Hall–Kier alpha value is -4.45. The number of rotatable bonds is 7. The number of aromatic amines is 1. The molecule has 10 nitrogen and oxygen atoms in total. The lowest BCUT2D eigenvalue weighted by Crippen LogP contribution is -2.35. The molecular weight excluding hydrogens is 484 g/mol. The Morgan fingerprint density at radius 2 is 1.86 bits per heavy atom. The Kier molecular flexibility index (Phi) is 6.49. The molecule has 0 unspecified atom stereocenters. The summed E-state index contributed by atoms with van der Waals surface area (Å²) < 4.78 is 33.3. The molecule has 0 saturated carbocycles. The largest absolute Gasteiger partial charge is 0.494 e. The molecule has 1 aliphatic heterocycles. The van der Waals surface area contributed by atoms with Crippen LogP contribution in [0.1, 0.15) is 23.2 Å². The zero-order chi connectivity index (χ0) is 26.1. The second-order valence-electron chi connectivity index (χ2n) is 8.66. The van der Waals surface area contributed by atoms with Crippen molar-refractivity contribution in [3.05, 3.63) is 59.8 Å². The van der Waals surface area contributed by atoms with Crippen molar-refractivity contribution in [2.75, 3.05) is 35.7 Å². The van der Waals surface area contributed by atoms with E-state index >= 15 is 0 Å². The number of aliphatic hydroxyl groups excluding tert-OH is 1. The number of nitrogens with zero attached hydrogens (tertiary/aromatic N) is 3. The number of carbonyl (C=O) groups excluding carboxylic acids is 1. The molecule has 2 aromatic heterocycles. The van der Waals surface area contributed by atoms with Gasteiger partial charge in [-0.3, -0.25) is 4.79 Å². The van der Waals surface area contributed by atoms with E-state index in [9.17, 15) is 18.7 Å². The quantitative estimate of drug-likeness (QED) is 0.253. The molecule has 4 aromatic rings. The fourth-order valence-electron chi connectivity index (χ4n) is 4.30. The summed E-state index contributed by atoms with van der Waals surface area (Å²) in [6.45, 7) is 1.49. The molecule has 0 bridgehead atoms. The van der Waals surface area contributed by atoms with Gasteiger partial charge in [-0.05, 0) is 37.1 Å². The number of primary amides is 1. The summed E-state index contributed by atoms with van der Waals surface area (Å²) >= 11 is 0. The molecule has 1 amide bonds. The second-order valence-corrected chi connectivity index (χ2v) is 8.66. The highest BCUT2D eigenvalue weighted by atomic mass is 19.2. The zero-order valence-corrected chi connectivity index (χ0v) is 19.9. The Balaban J connectivity index is 1.47. The summed E-state index contributed by atoms with van der Waals surface area (Å²) in [7, 11) is 1.56. The van der Waals surface area contributed by atoms with Gasteiger partial charge in [0.2, 0.25) is 5.95 Å². The van der Waals surface area contributed by atoms with Crippen LogP contribution >= 0.6 is 0 Å². The molecule has 0 radical (unpaired) electrons. The summed E-state index contributed by atoms with van der Waals surface area (Å²) in [6.07, 6.45) is 2.79. The summed E-state index contributed by atoms with van der Waals surface area (Å²) in [5.74, 6) is -2.26. The molecule has 192 valence electrons. The van der Waals surface area contributed by atoms with Gasteiger partial charge >= 0.3 is 0 Å². The molecule has 12 heteroatoms. The van der Waals surface area contributed by atoms with Crippen molar-refractivity contribution in [2.45, 2.75) is 18.9 Å². The van der Waals surface area contributed by atoms with E-state index in [0.29, 0.717) is 35.3 Å². The number of aromatic nitrogens is 3. The predicted molar refractivity (Wildman–Crippen MR) is 136 cm³/mol. The molecule has 5 rings (SSSR count). The van der Waals surface area contributed by atoms with Gasteiger partial charge in [0, 0.05) is 37.1 Å². The van der Waals surface area contributed by atoms with Crippen molar-refractivity contribution < 1.29 is 23.4 Å². The van der Waals surface area contributed by atoms with Crippen LogP contribution in [0.15, 0.2) is 42.6 Å². The van der Waals surface area contributed by atoms with Crippen LogP contribution in [0.5, 0.6) is 5.75 Å². The first-order chi connectivity index (χ1) is 17.8. The molecule has 1 aliphatic rings. The molecule has 1 saturated heterocycles. The minimum Gasteiger partial charge on any atom is -0.494 e. The fourth-order valence-corrected chi connectivity index (χ4v) is 4.30. The van der Waals surface area contributed by atoms with Gasteiger partial charge in [0.25, 0.3) is 5.91 Å². The normalized spacial score (nSPS) is 14.1. The molecular formula is C25H25F2N7O3. The van der Waals surface area contributed by atoms with Gasteiger partial charge in [-0.2, -0.15) is 9.97 Å². The number of piperidine rings is 1. The minimum absolute atomic E-state index is 0.0351. The van der Waals surface area contributed by atoms with E-state index in [1.165, 1.54) is 0 Å². The predicted octanol–water partition coefficient (Wildman–Crippen LogP) is 3.79. The highest BCUT2D eigenvalue weighted by Gasteiger charge is 2.20. The van der Waals surface area contributed by atoms with Crippen LogP contribution in [0.25, 0.3) is 11.0 Å². The van der Waals surface area contributed by atoms with E-state index in [0.717, 1.165) is 30.9 Å². The van der Waals surface area contributed by atoms with Crippen LogP contribution in [0.3, 0.4) is 0 Å². The summed E-state index contributed by atoms with van der Waals surface area (Å²) in [5.41, 5.74) is 7.14. The number of nitrogens with two attached hydrogens (primary N) is 1. The lowest BCUT2D eigenvalue weighted by molar-refractivity contribution is 0.100. The SMILES string of the molecule is COc1cc(N2CCC(O)CC2)ccc1Nc1nc(Nc2cc(F)c(F)cc2C(N)=O)c2cc[nH]c2n1. The molecule has 0 spiro atoms. The monoisotopic (exact) mass is 509 g/mol. The Morgan fingerprint density at radius 3 is 2.59 bits per heavy atom. The van der Waals surface area contributed by atoms with Crippen molar-refractivity contribution in [3.8, 4) is 5.75 Å². The number of nitrogens with one attached hydrogen (secondary N) is 3. The summed E-state index contributed by atoms with van der Waals surface area (Å²) in [5, 5.41) is 16.4. The van der Waals surface area contributed by atoms with E-state index in [1.54, 1.807) is 19.4 Å². The Labute approximate surface area is 210 Å². The van der Waals surface area contributed by atoms with Gasteiger partial charge in [-0.1, -0.05) is 0 Å². The summed E-state index contributed by atoms with van der Waals surface area (Å²) in [4.78, 5) is 26.0. The van der Waals surface area contributed by atoms with E-state index < -0.39 is 17.5 Å². The van der Waals surface area contributed by atoms with Crippen molar-refractivity contribution in [2.24, 2.45) is 5.73 Å². The van der Waals surface area contributed by atoms with Crippen LogP contribution in [0.4, 0.5) is 37.6 Å². The third-order valence-corrected chi connectivity index (χ3v) is 6.26. The summed E-state index contributed by atoms with van der Waals surface area (Å²) in [6, 6.07) is 8.97. The lowest BCUT2D eigenvalue weighted by Gasteiger charge is -2.31. The number of anilines is 5. The van der Waals surface area contributed by atoms with Crippen LogP contribution in [-0.4, -0.2) is 52.3 Å². The van der Waals surface area contributed by atoms with Crippen LogP contribution in [0.2, 0.25) is 0 Å². The van der Waals surface area contributed by atoms with Gasteiger partial charge in [-0.25, -0.2) is 8.78 Å². The maximum absolute atomic E-state index is 14.0. The number of aliphatic hydroxyl groups is 1. The molecule has 0 aliphatic carbocycles. The van der Waals surface area contributed by atoms with E-state index in [1.807, 2.05) is 18.2 Å². The van der Waals surface area contributed by atoms with E-state index in [-0.39, 0.29) is 29.1 Å². The van der Waals surface area contributed by atoms with Crippen LogP contribution in [0, 0.1) is 11.6 Å². The molecule has 0 atom stereocenters. The zero-order valence-electron chi connectivity index (χ0n) is 19.9. The van der Waals surface area contributed by atoms with Crippen molar-refractivity contribution >= 4 is 45.8 Å². The topological polar surface area (TPSA) is 141 Å². The third-order valence-electron chi connectivity index (χ3n) is 6.26. The average Bonchev–Trinajstić information content (AvgIpc) is 3.36. The maximum Gasteiger partial charge on any atom is 0.250 e. The van der Waals surface area contributed by atoms with Gasteiger partial charge in [-0.15, -0.1) is 0 Å². The number of carbonyl (C=O) groups is 1. The minimum atomic E-state index is -1.19. The number of ether oxygens (including phenoxy) is 1. The van der Waals surface area contributed by atoms with Gasteiger partial charge in [0.15, 0.2) is 11.6 Å². The third kappa shape index (κ3) is 4.96. The van der Waals surface area contributed by atoms with Crippen LogP contribution in [-0.2, 0) is 0 Å². The van der Waals surface area contributed by atoms with Gasteiger partial charge in [0.1, 0.15) is 17.2 Å². The fraction of sp³-hybridized carbons (Fsp3) is 0.240. The van der Waals surface area contributed by atoms with Crippen molar-refractivity contribution in [1.82, 2.24) is 15.0 Å². The molecule has 1 fully saturated rings. The molecule has 2 aromatic carbocycles. The maximum atomic E-state index is 14.0. The Morgan fingerprint density at radius 1 is 1.11 bits per heavy atom. The number of halogens is 2. The first kappa shape index (κ1) is 24.3. The van der Waals surface area contributed by atoms with E-state index in [4.69, 9.17) is 10.5 Å². The first-order valence-electron chi connectivity index (χ1n) is 11.6. The first-order valence-corrected chi connectivity index (χ1v) is 11.6. The average molecular weight is 510 g/mol. The number of benzene rings is 2. The number of methoxy groups -OCH3 is 1. The van der Waals surface area contributed by atoms with Gasteiger partial charge in [0.05, 0.1) is 35.5 Å². The highest BCUT2D eigenvalue weighted by Crippen LogP contribution is 2.34. The number of fused-ring (bicyclic) bond motifs is 1. The highest BCUT2D eigenvalue weighted by molar-refractivity contribution is 6.00. The van der Waals surface area contributed by atoms with Gasteiger partial charge < -0.3 is 36.1 Å². The van der Waals surface area contributed by atoms with Crippen molar-refractivity contribution in [1.29, 1.82) is 0 Å². The standard InChI is InChI=1S/C25H25F2N7O3/c1-37-21-10-13(34-8-5-14(35)6-9-34)2-3-19(21)31-25-32-23-15(4-7-29-23)24(33-25)30-20-12-18(27)17(26)11-16(20)22(28)36/h2-4,7,10-12,14,35H,5-6,8-9H2,1H3,(H2,28,36)(H3,29,30,31,32,33). The number of hydrogen-bond acceptors (Lipinski definition) is 8. The molecule has 3 heterocycles. The van der Waals surface area contributed by atoms with E-state index in [2.05, 4.69) is 30.5 Å². The number of hydrogen-bond donors (Lipinski definition) is 5. The molecule has 6 N–H and O–H groups in total. The number of amides is 1. The smallest absolute Gasteiger partial charge is 0.250 e. The van der Waals surface area contributed by atoms with Crippen molar-refractivity contribution in [3.63, 3.8) is 0 Å². The Bertz CT molecular complexity index is 1470. The second kappa shape index (κ2) is 9.90.